The van der Waals surface area contributed by atoms with Gasteiger partial charge in [-0.2, -0.15) is 0 Å². The van der Waals surface area contributed by atoms with Crippen molar-refractivity contribution in [3.8, 4) is 5.75 Å². The zero-order valence-electron chi connectivity index (χ0n) is 20.8. The van der Waals surface area contributed by atoms with Gasteiger partial charge in [0.1, 0.15) is 11.8 Å². The van der Waals surface area contributed by atoms with E-state index in [0.717, 1.165) is 52.9 Å². The summed E-state index contributed by atoms with van der Waals surface area (Å²) in [6.07, 6.45) is 2.27. The monoisotopic (exact) mass is 472 g/mol. The molecule has 8 heteroatoms. The van der Waals surface area contributed by atoms with E-state index in [1.54, 1.807) is 7.11 Å². The van der Waals surface area contributed by atoms with Gasteiger partial charge in [0.2, 0.25) is 0 Å². The Balaban J connectivity index is 1.61. The van der Waals surface area contributed by atoms with Crippen molar-refractivity contribution in [2.24, 2.45) is 5.92 Å². The summed E-state index contributed by atoms with van der Waals surface area (Å²) in [7, 11) is 1.66. The Morgan fingerprint density at radius 2 is 1.97 bits per heavy atom. The fourth-order valence-corrected chi connectivity index (χ4v) is 5.28. The van der Waals surface area contributed by atoms with E-state index in [2.05, 4.69) is 45.3 Å². The number of ether oxygens (including phenoxy) is 1. The molecule has 0 amide bonds. The molecule has 1 N–H and O–H groups in total. The lowest BCUT2D eigenvalue weighted by Gasteiger charge is -2.36. The number of methoxy groups -OCH3 is 1. The maximum Gasteiger partial charge on any atom is 0.253 e. The van der Waals surface area contributed by atoms with Crippen LogP contribution in [0.4, 0.5) is 0 Å². The van der Waals surface area contributed by atoms with Gasteiger partial charge in [0.15, 0.2) is 5.82 Å². The molecule has 0 aliphatic carbocycles. The third-order valence-corrected chi connectivity index (χ3v) is 6.99. The fourth-order valence-electron chi connectivity index (χ4n) is 5.28. The molecule has 3 heterocycles. The van der Waals surface area contributed by atoms with Gasteiger partial charge in [-0.3, -0.25) is 9.69 Å². The van der Waals surface area contributed by atoms with Crippen molar-refractivity contribution in [3.05, 3.63) is 80.9 Å². The lowest BCUT2D eigenvalue weighted by atomic mass is 9.95. The number of piperidine rings is 1. The fraction of sp³-hybridized carbons (Fsp3) is 0.407. The van der Waals surface area contributed by atoms with E-state index < -0.39 is 0 Å². The van der Waals surface area contributed by atoms with Crippen molar-refractivity contribution >= 4 is 10.9 Å². The molecule has 2 atom stereocenters. The second-order valence-electron chi connectivity index (χ2n) is 9.78. The van der Waals surface area contributed by atoms with Crippen molar-refractivity contribution < 1.29 is 4.74 Å². The Labute approximate surface area is 204 Å². The molecule has 0 spiro atoms. The molecule has 2 aromatic heterocycles. The lowest BCUT2D eigenvalue weighted by Crippen LogP contribution is -2.41. The van der Waals surface area contributed by atoms with Gasteiger partial charge in [-0.15, -0.1) is 5.10 Å². The molecule has 1 saturated heterocycles. The predicted molar refractivity (Wildman–Crippen MR) is 136 cm³/mol. The summed E-state index contributed by atoms with van der Waals surface area (Å²) in [5.41, 5.74) is 4.78. The first-order valence-corrected chi connectivity index (χ1v) is 12.2. The Bertz CT molecular complexity index is 1390. The SMILES string of the molecule is COc1ccc(Cn2nnnc2[C@@H](c2cc3c(C)cc(C)cc3[nH]c2=O)N2CCC[C@H](C)C2)cc1. The van der Waals surface area contributed by atoms with Crippen LogP contribution in [0.5, 0.6) is 5.75 Å². The quantitative estimate of drug-likeness (QED) is 0.456. The van der Waals surface area contributed by atoms with Crippen LogP contribution in [0, 0.1) is 19.8 Å². The van der Waals surface area contributed by atoms with E-state index in [0.29, 0.717) is 23.9 Å². The second kappa shape index (κ2) is 9.62. The van der Waals surface area contributed by atoms with E-state index in [1.807, 2.05) is 48.0 Å². The summed E-state index contributed by atoms with van der Waals surface area (Å²) in [6.45, 7) is 8.70. The third kappa shape index (κ3) is 4.71. The zero-order chi connectivity index (χ0) is 24.5. The number of nitrogens with zero attached hydrogens (tertiary/aromatic N) is 5. The Morgan fingerprint density at radius 3 is 2.71 bits per heavy atom. The number of nitrogens with one attached hydrogen (secondary N) is 1. The maximum atomic E-state index is 13.5. The number of aromatic amines is 1. The van der Waals surface area contributed by atoms with Crippen molar-refractivity contribution in [2.45, 2.75) is 46.2 Å². The highest BCUT2D eigenvalue weighted by Crippen LogP contribution is 2.32. The second-order valence-corrected chi connectivity index (χ2v) is 9.78. The average molecular weight is 473 g/mol. The molecule has 4 aromatic rings. The molecule has 1 aliphatic heterocycles. The summed E-state index contributed by atoms with van der Waals surface area (Å²) in [6, 6.07) is 13.8. The minimum atomic E-state index is -0.333. The van der Waals surface area contributed by atoms with E-state index in [-0.39, 0.29) is 11.6 Å². The lowest BCUT2D eigenvalue weighted by molar-refractivity contribution is 0.141. The van der Waals surface area contributed by atoms with Crippen LogP contribution >= 0.6 is 0 Å². The van der Waals surface area contributed by atoms with Gasteiger partial charge < -0.3 is 9.72 Å². The number of aryl methyl sites for hydroxylation is 2. The van der Waals surface area contributed by atoms with Gasteiger partial charge in [-0.05, 0) is 90.5 Å². The zero-order valence-corrected chi connectivity index (χ0v) is 20.8. The van der Waals surface area contributed by atoms with Crippen LogP contribution < -0.4 is 10.3 Å². The molecule has 0 saturated carbocycles. The summed E-state index contributed by atoms with van der Waals surface area (Å²) in [5.74, 6) is 2.03. The number of hydrogen-bond donors (Lipinski definition) is 1. The van der Waals surface area contributed by atoms with Crippen LogP contribution in [0.15, 0.2) is 47.3 Å². The highest BCUT2D eigenvalue weighted by molar-refractivity contribution is 5.83. The van der Waals surface area contributed by atoms with Crippen LogP contribution in [-0.4, -0.2) is 50.3 Å². The minimum absolute atomic E-state index is 0.0928. The molecule has 0 radical (unpaired) electrons. The van der Waals surface area contributed by atoms with Crippen molar-refractivity contribution in [1.82, 2.24) is 30.1 Å². The number of aromatic nitrogens is 5. The number of likely N-dealkylation sites (tertiary alicyclic amines) is 1. The number of fused-ring (bicyclic) bond motifs is 1. The molecule has 2 aromatic carbocycles. The van der Waals surface area contributed by atoms with Crippen LogP contribution in [0.2, 0.25) is 0 Å². The Hall–Kier alpha value is -3.52. The number of rotatable bonds is 6. The standard InChI is InChI=1S/C27H32N6O2/c1-17-6-5-11-32(15-17)25(23-14-22-19(3)12-18(2)13-24(22)28-27(23)34)26-29-30-31-33(26)16-20-7-9-21(35-4)10-8-20/h7-10,12-14,17,25H,5-6,11,15-16H2,1-4H3,(H,28,34)/t17-,25+/m0/s1. The van der Waals surface area contributed by atoms with Gasteiger partial charge in [0.05, 0.1) is 13.7 Å². The van der Waals surface area contributed by atoms with E-state index in [4.69, 9.17) is 4.74 Å². The molecular weight excluding hydrogens is 440 g/mol. The van der Waals surface area contributed by atoms with E-state index >= 15 is 0 Å². The first-order chi connectivity index (χ1) is 16.9. The molecule has 1 aliphatic rings. The number of tetrazole rings is 1. The summed E-state index contributed by atoms with van der Waals surface area (Å²) in [5, 5.41) is 13.9. The number of hydrogen-bond acceptors (Lipinski definition) is 6. The van der Waals surface area contributed by atoms with Crippen LogP contribution in [0.25, 0.3) is 10.9 Å². The van der Waals surface area contributed by atoms with Crippen molar-refractivity contribution in [2.75, 3.05) is 20.2 Å². The maximum absolute atomic E-state index is 13.5. The van der Waals surface area contributed by atoms with Crippen LogP contribution in [0.3, 0.4) is 0 Å². The van der Waals surface area contributed by atoms with Crippen LogP contribution in [-0.2, 0) is 6.54 Å². The van der Waals surface area contributed by atoms with Gasteiger partial charge in [0.25, 0.3) is 5.56 Å². The molecule has 1 fully saturated rings. The minimum Gasteiger partial charge on any atom is -0.497 e. The van der Waals surface area contributed by atoms with Crippen molar-refractivity contribution in [1.29, 1.82) is 0 Å². The van der Waals surface area contributed by atoms with Gasteiger partial charge in [-0.25, -0.2) is 4.68 Å². The average Bonchev–Trinajstić information content (AvgIpc) is 3.28. The highest BCUT2D eigenvalue weighted by Gasteiger charge is 2.33. The van der Waals surface area contributed by atoms with Crippen LogP contribution in [0.1, 0.15) is 53.9 Å². The van der Waals surface area contributed by atoms with Gasteiger partial charge >= 0.3 is 0 Å². The summed E-state index contributed by atoms with van der Waals surface area (Å²) < 4.78 is 7.10. The number of benzene rings is 2. The topological polar surface area (TPSA) is 88.9 Å². The summed E-state index contributed by atoms with van der Waals surface area (Å²) in [4.78, 5) is 19.0. The number of H-pyrrole nitrogens is 1. The Kier molecular flexibility index (Phi) is 6.38. The molecule has 8 nitrogen and oxygen atoms in total. The highest BCUT2D eigenvalue weighted by atomic mass is 16.5. The van der Waals surface area contributed by atoms with Crippen molar-refractivity contribution in [3.63, 3.8) is 0 Å². The summed E-state index contributed by atoms with van der Waals surface area (Å²) >= 11 is 0. The first kappa shape index (κ1) is 23.2. The largest absolute Gasteiger partial charge is 0.497 e. The van der Waals surface area contributed by atoms with Gasteiger partial charge in [-0.1, -0.05) is 25.1 Å². The molecule has 5 rings (SSSR count). The van der Waals surface area contributed by atoms with Gasteiger partial charge in [0, 0.05) is 23.0 Å². The molecular formula is C27H32N6O2. The third-order valence-electron chi connectivity index (χ3n) is 6.99. The first-order valence-electron chi connectivity index (χ1n) is 12.2. The molecule has 0 unspecified atom stereocenters. The molecule has 0 bridgehead atoms. The Morgan fingerprint density at radius 1 is 1.17 bits per heavy atom. The van der Waals surface area contributed by atoms with E-state index in [9.17, 15) is 4.79 Å². The predicted octanol–water partition coefficient (Wildman–Crippen LogP) is 4.01. The number of pyridine rings is 1. The smallest absolute Gasteiger partial charge is 0.253 e. The van der Waals surface area contributed by atoms with E-state index in [1.165, 1.54) is 6.42 Å². The normalized spacial score (nSPS) is 17.5. The molecule has 182 valence electrons. The molecule has 35 heavy (non-hydrogen) atoms.